The van der Waals surface area contributed by atoms with Crippen LogP contribution in [-0.2, 0) is 6.54 Å². The first-order chi connectivity index (χ1) is 8.77. The van der Waals surface area contributed by atoms with Crippen molar-refractivity contribution >= 4 is 5.69 Å². The summed E-state index contributed by atoms with van der Waals surface area (Å²) >= 11 is 0. The number of nitrogens with zero attached hydrogens (tertiary/aromatic N) is 1. The van der Waals surface area contributed by atoms with Crippen LogP contribution in [0.1, 0.15) is 45.1 Å². The Morgan fingerprint density at radius 2 is 1.72 bits per heavy atom. The summed E-state index contributed by atoms with van der Waals surface area (Å²) in [5, 5.41) is 3.53. The van der Waals surface area contributed by atoms with Crippen molar-refractivity contribution in [3.05, 3.63) is 29.8 Å². The summed E-state index contributed by atoms with van der Waals surface area (Å²) in [5.74, 6) is 0. The largest absolute Gasteiger partial charge is 0.371 e. The van der Waals surface area contributed by atoms with Crippen LogP contribution in [0.3, 0.4) is 0 Å². The van der Waals surface area contributed by atoms with Gasteiger partial charge in [0.05, 0.1) is 0 Å². The van der Waals surface area contributed by atoms with Crippen LogP contribution in [0.15, 0.2) is 24.3 Å². The second-order valence-corrected chi connectivity index (χ2v) is 5.57. The van der Waals surface area contributed by atoms with Gasteiger partial charge in [-0.1, -0.05) is 44.9 Å². The van der Waals surface area contributed by atoms with Crippen LogP contribution in [0, 0.1) is 0 Å². The lowest BCUT2D eigenvalue weighted by Crippen LogP contribution is -2.27. The third-order valence-corrected chi connectivity index (χ3v) is 3.64. The molecule has 1 fully saturated rings. The van der Waals surface area contributed by atoms with Crippen LogP contribution < -0.4 is 10.2 Å². The Bertz CT molecular complexity index is 352. The minimum absolute atomic E-state index is 0.544. The van der Waals surface area contributed by atoms with E-state index in [1.807, 2.05) is 0 Å². The quantitative estimate of drug-likeness (QED) is 0.874. The second kappa shape index (κ2) is 6.79. The summed E-state index contributed by atoms with van der Waals surface area (Å²) in [6, 6.07) is 9.40. The Hall–Kier alpha value is -1.02. The van der Waals surface area contributed by atoms with Gasteiger partial charge in [0.25, 0.3) is 0 Å². The molecule has 1 aromatic rings. The van der Waals surface area contributed by atoms with E-state index in [0.717, 1.165) is 6.54 Å². The highest BCUT2D eigenvalue weighted by molar-refractivity contribution is 5.53. The molecule has 0 aliphatic carbocycles. The minimum atomic E-state index is 0.544. The van der Waals surface area contributed by atoms with E-state index < -0.39 is 0 Å². The summed E-state index contributed by atoms with van der Waals surface area (Å²) in [7, 11) is 0. The molecule has 100 valence electrons. The highest BCUT2D eigenvalue weighted by Gasteiger charge is 2.12. The Kier molecular flexibility index (Phi) is 5.06. The van der Waals surface area contributed by atoms with E-state index in [1.54, 1.807) is 0 Å². The molecule has 0 unspecified atom stereocenters. The van der Waals surface area contributed by atoms with Crippen molar-refractivity contribution in [1.82, 2.24) is 5.32 Å². The van der Waals surface area contributed by atoms with Gasteiger partial charge in [0.15, 0.2) is 0 Å². The van der Waals surface area contributed by atoms with Crippen LogP contribution in [0.25, 0.3) is 0 Å². The first kappa shape index (κ1) is 13.4. The van der Waals surface area contributed by atoms with Gasteiger partial charge in [-0.2, -0.15) is 0 Å². The number of anilines is 1. The molecule has 0 radical (unpaired) electrons. The summed E-state index contributed by atoms with van der Waals surface area (Å²) in [6.07, 6.45) is 5.46. The molecule has 0 amide bonds. The lowest BCUT2D eigenvalue weighted by molar-refractivity contribution is 0.587. The zero-order valence-electron chi connectivity index (χ0n) is 11.8. The normalized spacial score (nSPS) is 16.9. The van der Waals surface area contributed by atoms with E-state index in [9.17, 15) is 0 Å². The fourth-order valence-electron chi connectivity index (χ4n) is 2.59. The maximum absolute atomic E-state index is 3.53. The van der Waals surface area contributed by atoms with E-state index in [4.69, 9.17) is 0 Å². The molecular formula is C16H26N2. The van der Waals surface area contributed by atoms with Crippen LogP contribution in [0.5, 0.6) is 0 Å². The Balaban J connectivity index is 2.09. The van der Waals surface area contributed by atoms with E-state index >= 15 is 0 Å². The Morgan fingerprint density at radius 1 is 1.06 bits per heavy atom. The average molecular weight is 246 g/mol. The number of benzene rings is 1. The second-order valence-electron chi connectivity index (χ2n) is 5.57. The molecule has 0 aromatic heterocycles. The van der Waals surface area contributed by atoms with Crippen LogP contribution in [-0.4, -0.2) is 19.1 Å². The highest BCUT2D eigenvalue weighted by atomic mass is 15.1. The van der Waals surface area contributed by atoms with E-state index in [1.165, 1.54) is 50.0 Å². The molecule has 0 spiro atoms. The van der Waals surface area contributed by atoms with Gasteiger partial charge in [0.2, 0.25) is 0 Å². The third kappa shape index (κ3) is 3.74. The topological polar surface area (TPSA) is 15.3 Å². The molecule has 1 N–H and O–H groups in total. The van der Waals surface area contributed by atoms with Gasteiger partial charge in [-0.25, -0.2) is 0 Å². The monoisotopic (exact) mass is 246 g/mol. The molecule has 2 rings (SSSR count). The Morgan fingerprint density at radius 3 is 2.39 bits per heavy atom. The van der Waals surface area contributed by atoms with Crippen LogP contribution >= 0.6 is 0 Å². The fraction of sp³-hybridized carbons (Fsp3) is 0.625. The molecule has 2 nitrogen and oxygen atoms in total. The van der Waals surface area contributed by atoms with Gasteiger partial charge in [-0.15, -0.1) is 0 Å². The molecule has 2 heteroatoms. The van der Waals surface area contributed by atoms with E-state index in [0.29, 0.717) is 6.04 Å². The van der Waals surface area contributed by atoms with E-state index in [-0.39, 0.29) is 0 Å². The maximum atomic E-state index is 3.53. The molecule has 0 atom stereocenters. The SMILES string of the molecule is CC(C)NCc1ccccc1N1CCCCCC1. The zero-order chi connectivity index (χ0) is 12.8. The van der Waals surface area contributed by atoms with Gasteiger partial charge in [0, 0.05) is 31.4 Å². The van der Waals surface area contributed by atoms with E-state index in [2.05, 4.69) is 48.3 Å². The number of hydrogen-bond donors (Lipinski definition) is 1. The minimum Gasteiger partial charge on any atom is -0.371 e. The highest BCUT2D eigenvalue weighted by Crippen LogP contribution is 2.23. The first-order valence-electron chi connectivity index (χ1n) is 7.33. The van der Waals surface area contributed by atoms with Crippen molar-refractivity contribution in [3.63, 3.8) is 0 Å². The molecule has 0 saturated carbocycles. The average Bonchev–Trinajstić information content (AvgIpc) is 2.65. The lowest BCUT2D eigenvalue weighted by atomic mass is 10.1. The standard InChI is InChI=1S/C16H26N2/c1-14(2)17-13-15-9-5-6-10-16(15)18-11-7-3-4-8-12-18/h5-6,9-10,14,17H,3-4,7-8,11-13H2,1-2H3. The zero-order valence-corrected chi connectivity index (χ0v) is 11.8. The molecule has 1 saturated heterocycles. The van der Waals surface area contributed by atoms with Crippen molar-refractivity contribution in [1.29, 1.82) is 0 Å². The summed E-state index contributed by atoms with van der Waals surface area (Å²) in [4.78, 5) is 2.57. The van der Waals surface area contributed by atoms with Gasteiger partial charge < -0.3 is 10.2 Å². The summed E-state index contributed by atoms with van der Waals surface area (Å²) in [5.41, 5.74) is 2.88. The van der Waals surface area contributed by atoms with Crippen molar-refractivity contribution in [2.24, 2.45) is 0 Å². The number of hydrogen-bond acceptors (Lipinski definition) is 2. The molecule has 0 bridgehead atoms. The molecule has 1 aromatic carbocycles. The van der Waals surface area contributed by atoms with Crippen LogP contribution in [0.4, 0.5) is 5.69 Å². The van der Waals surface area contributed by atoms with Crippen molar-refractivity contribution in [2.45, 2.75) is 52.1 Å². The smallest absolute Gasteiger partial charge is 0.0411 e. The molecule has 18 heavy (non-hydrogen) atoms. The number of nitrogens with one attached hydrogen (secondary N) is 1. The number of para-hydroxylation sites is 1. The number of rotatable bonds is 4. The van der Waals surface area contributed by atoms with Crippen molar-refractivity contribution in [3.8, 4) is 0 Å². The van der Waals surface area contributed by atoms with Crippen LogP contribution in [0.2, 0.25) is 0 Å². The summed E-state index contributed by atoms with van der Waals surface area (Å²) < 4.78 is 0. The molecule has 1 aliphatic rings. The van der Waals surface area contributed by atoms with Gasteiger partial charge in [0.1, 0.15) is 0 Å². The first-order valence-corrected chi connectivity index (χ1v) is 7.33. The van der Waals surface area contributed by atoms with Crippen molar-refractivity contribution < 1.29 is 0 Å². The van der Waals surface area contributed by atoms with Gasteiger partial charge >= 0.3 is 0 Å². The molecule has 1 aliphatic heterocycles. The lowest BCUT2D eigenvalue weighted by Gasteiger charge is -2.26. The molecule has 1 heterocycles. The fourth-order valence-corrected chi connectivity index (χ4v) is 2.59. The predicted octanol–water partition coefficient (Wildman–Crippen LogP) is 3.57. The maximum Gasteiger partial charge on any atom is 0.0411 e. The summed E-state index contributed by atoms with van der Waals surface area (Å²) in [6.45, 7) is 7.82. The van der Waals surface area contributed by atoms with Crippen molar-refractivity contribution in [2.75, 3.05) is 18.0 Å². The molecular weight excluding hydrogens is 220 g/mol. The third-order valence-electron chi connectivity index (χ3n) is 3.64. The van der Waals surface area contributed by atoms with Gasteiger partial charge in [-0.05, 0) is 24.5 Å². The van der Waals surface area contributed by atoms with Gasteiger partial charge in [-0.3, -0.25) is 0 Å². The Labute approximate surface area is 111 Å². The predicted molar refractivity (Wildman–Crippen MR) is 79.1 cm³/mol.